The van der Waals surface area contributed by atoms with Crippen LogP contribution in [-0.4, -0.2) is 37.2 Å². The van der Waals surface area contributed by atoms with Crippen LogP contribution < -0.4 is 0 Å². The van der Waals surface area contributed by atoms with Crippen molar-refractivity contribution in [3.63, 3.8) is 0 Å². The Morgan fingerprint density at radius 3 is 2.23 bits per heavy atom. The Morgan fingerprint density at radius 2 is 1.85 bits per heavy atom. The lowest BCUT2D eigenvalue weighted by Gasteiger charge is -2.32. The SMILES string of the molecule is CCCCN(C(C)C)[C@@H](C)COC. The van der Waals surface area contributed by atoms with Crippen LogP contribution in [0.25, 0.3) is 0 Å². The van der Waals surface area contributed by atoms with Crippen molar-refractivity contribution in [1.82, 2.24) is 4.90 Å². The minimum absolute atomic E-state index is 0.538. The van der Waals surface area contributed by atoms with E-state index in [1.807, 2.05) is 0 Å². The predicted octanol–water partition coefficient (Wildman–Crippen LogP) is 2.53. The van der Waals surface area contributed by atoms with E-state index in [0.29, 0.717) is 12.1 Å². The first-order valence-corrected chi connectivity index (χ1v) is 5.38. The van der Waals surface area contributed by atoms with Gasteiger partial charge in [-0.15, -0.1) is 0 Å². The number of rotatable bonds is 7. The maximum Gasteiger partial charge on any atom is 0.0615 e. The average molecular weight is 187 g/mol. The highest BCUT2D eigenvalue weighted by Gasteiger charge is 2.15. The van der Waals surface area contributed by atoms with Gasteiger partial charge in [0.05, 0.1) is 6.61 Å². The number of methoxy groups -OCH3 is 1. The molecule has 0 aromatic heterocycles. The van der Waals surface area contributed by atoms with Gasteiger partial charge in [0.15, 0.2) is 0 Å². The molecule has 0 saturated heterocycles. The second-order valence-electron chi connectivity index (χ2n) is 3.99. The first-order valence-electron chi connectivity index (χ1n) is 5.38. The summed E-state index contributed by atoms with van der Waals surface area (Å²) in [5.74, 6) is 0. The van der Waals surface area contributed by atoms with Crippen LogP contribution in [0.2, 0.25) is 0 Å². The molecule has 0 bridgehead atoms. The number of ether oxygens (including phenoxy) is 1. The van der Waals surface area contributed by atoms with E-state index < -0.39 is 0 Å². The molecule has 0 aliphatic rings. The van der Waals surface area contributed by atoms with Gasteiger partial charge in [0.1, 0.15) is 0 Å². The zero-order valence-corrected chi connectivity index (χ0v) is 9.84. The van der Waals surface area contributed by atoms with Gasteiger partial charge < -0.3 is 4.74 Å². The Labute approximate surface area is 83.3 Å². The number of nitrogens with zero attached hydrogens (tertiary/aromatic N) is 1. The molecule has 0 spiro atoms. The molecule has 0 fully saturated rings. The summed E-state index contributed by atoms with van der Waals surface area (Å²) in [6.45, 7) is 11.0. The molecule has 0 rings (SSSR count). The van der Waals surface area contributed by atoms with Gasteiger partial charge in [-0.1, -0.05) is 13.3 Å². The number of hydrogen-bond acceptors (Lipinski definition) is 2. The van der Waals surface area contributed by atoms with Crippen molar-refractivity contribution >= 4 is 0 Å². The first kappa shape index (κ1) is 12.9. The fourth-order valence-electron chi connectivity index (χ4n) is 1.67. The molecule has 0 aromatic carbocycles. The average Bonchev–Trinajstić information content (AvgIpc) is 2.05. The normalized spacial score (nSPS) is 14.1. The van der Waals surface area contributed by atoms with E-state index >= 15 is 0 Å². The minimum Gasteiger partial charge on any atom is -0.383 e. The summed E-state index contributed by atoms with van der Waals surface area (Å²) in [6, 6.07) is 1.16. The van der Waals surface area contributed by atoms with E-state index in [0.717, 1.165) is 6.61 Å². The van der Waals surface area contributed by atoms with E-state index in [2.05, 4.69) is 32.6 Å². The van der Waals surface area contributed by atoms with Crippen LogP contribution in [-0.2, 0) is 4.74 Å². The van der Waals surface area contributed by atoms with Gasteiger partial charge in [0.2, 0.25) is 0 Å². The molecule has 0 radical (unpaired) electrons. The number of unbranched alkanes of at least 4 members (excludes halogenated alkanes) is 1. The van der Waals surface area contributed by atoms with E-state index in [1.54, 1.807) is 7.11 Å². The minimum atomic E-state index is 0.538. The van der Waals surface area contributed by atoms with Crippen LogP contribution in [0, 0.1) is 0 Å². The molecule has 0 aliphatic carbocycles. The zero-order valence-electron chi connectivity index (χ0n) is 9.84. The summed E-state index contributed by atoms with van der Waals surface area (Å²) in [6.07, 6.45) is 2.55. The number of hydrogen-bond donors (Lipinski definition) is 0. The second kappa shape index (κ2) is 7.34. The van der Waals surface area contributed by atoms with E-state index in [1.165, 1.54) is 19.4 Å². The Balaban J connectivity index is 3.91. The Hall–Kier alpha value is -0.0800. The molecule has 0 amide bonds. The van der Waals surface area contributed by atoms with Crippen molar-refractivity contribution in [2.45, 2.75) is 52.6 Å². The van der Waals surface area contributed by atoms with Gasteiger partial charge >= 0.3 is 0 Å². The van der Waals surface area contributed by atoms with E-state index in [4.69, 9.17) is 4.74 Å². The molecule has 0 saturated carbocycles. The van der Waals surface area contributed by atoms with Crippen LogP contribution in [0.5, 0.6) is 0 Å². The van der Waals surface area contributed by atoms with Gasteiger partial charge in [-0.05, 0) is 33.7 Å². The second-order valence-corrected chi connectivity index (χ2v) is 3.99. The molecule has 13 heavy (non-hydrogen) atoms. The van der Waals surface area contributed by atoms with Crippen molar-refractivity contribution in [1.29, 1.82) is 0 Å². The van der Waals surface area contributed by atoms with Crippen LogP contribution in [0.1, 0.15) is 40.5 Å². The van der Waals surface area contributed by atoms with Gasteiger partial charge in [-0.25, -0.2) is 0 Å². The van der Waals surface area contributed by atoms with Gasteiger partial charge in [-0.3, -0.25) is 4.90 Å². The Bertz CT molecular complexity index is 115. The summed E-state index contributed by atoms with van der Waals surface area (Å²) < 4.78 is 5.17. The van der Waals surface area contributed by atoms with Gasteiger partial charge in [-0.2, -0.15) is 0 Å². The summed E-state index contributed by atoms with van der Waals surface area (Å²) in [5, 5.41) is 0. The van der Waals surface area contributed by atoms with Gasteiger partial charge in [0.25, 0.3) is 0 Å². The maximum atomic E-state index is 5.17. The summed E-state index contributed by atoms with van der Waals surface area (Å²) >= 11 is 0. The highest BCUT2D eigenvalue weighted by atomic mass is 16.5. The summed E-state index contributed by atoms with van der Waals surface area (Å²) in [7, 11) is 1.77. The maximum absolute atomic E-state index is 5.17. The molecule has 0 heterocycles. The molecule has 0 N–H and O–H groups in total. The summed E-state index contributed by atoms with van der Waals surface area (Å²) in [4.78, 5) is 2.51. The fourth-order valence-corrected chi connectivity index (χ4v) is 1.67. The predicted molar refractivity (Wildman–Crippen MR) is 58.1 cm³/mol. The molecule has 1 atom stereocenters. The van der Waals surface area contributed by atoms with Crippen molar-refractivity contribution < 1.29 is 4.74 Å². The van der Waals surface area contributed by atoms with Crippen molar-refractivity contribution in [2.75, 3.05) is 20.3 Å². The third-order valence-corrected chi connectivity index (χ3v) is 2.41. The van der Waals surface area contributed by atoms with Crippen LogP contribution >= 0.6 is 0 Å². The topological polar surface area (TPSA) is 12.5 Å². The Kier molecular flexibility index (Phi) is 7.29. The van der Waals surface area contributed by atoms with Crippen molar-refractivity contribution in [3.8, 4) is 0 Å². The lowest BCUT2D eigenvalue weighted by atomic mass is 10.2. The quantitative estimate of drug-likeness (QED) is 0.607. The largest absolute Gasteiger partial charge is 0.383 e. The fraction of sp³-hybridized carbons (Fsp3) is 1.00. The molecule has 0 unspecified atom stereocenters. The highest BCUT2D eigenvalue weighted by molar-refractivity contribution is 4.70. The molecule has 0 aromatic rings. The molecule has 2 nitrogen and oxygen atoms in total. The molecule has 80 valence electrons. The van der Waals surface area contributed by atoms with Crippen LogP contribution in [0.3, 0.4) is 0 Å². The molecule has 0 aliphatic heterocycles. The molecular formula is C11H25NO. The van der Waals surface area contributed by atoms with Crippen LogP contribution in [0.4, 0.5) is 0 Å². The third-order valence-electron chi connectivity index (χ3n) is 2.41. The van der Waals surface area contributed by atoms with Crippen LogP contribution in [0.15, 0.2) is 0 Å². The Morgan fingerprint density at radius 1 is 1.23 bits per heavy atom. The van der Waals surface area contributed by atoms with Crippen molar-refractivity contribution in [2.24, 2.45) is 0 Å². The third kappa shape index (κ3) is 5.27. The lowest BCUT2D eigenvalue weighted by molar-refractivity contribution is 0.0783. The van der Waals surface area contributed by atoms with E-state index in [9.17, 15) is 0 Å². The monoisotopic (exact) mass is 187 g/mol. The molecule has 2 heteroatoms. The van der Waals surface area contributed by atoms with Crippen molar-refractivity contribution in [3.05, 3.63) is 0 Å². The van der Waals surface area contributed by atoms with Gasteiger partial charge in [0, 0.05) is 19.2 Å². The smallest absolute Gasteiger partial charge is 0.0615 e. The molecular weight excluding hydrogens is 162 g/mol. The first-order chi connectivity index (χ1) is 6.13. The summed E-state index contributed by atoms with van der Waals surface area (Å²) in [5.41, 5.74) is 0. The van der Waals surface area contributed by atoms with E-state index in [-0.39, 0.29) is 0 Å². The highest BCUT2D eigenvalue weighted by Crippen LogP contribution is 2.07. The standard InChI is InChI=1S/C11H25NO/c1-6-7-8-12(10(2)3)11(4)9-13-5/h10-11H,6-9H2,1-5H3/t11-/m0/s1. The zero-order chi connectivity index (χ0) is 10.3. The lowest BCUT2D eigenvalue weighted by Crippen LogP contribution is -2.41.